The van der Waals surface area contributed by atoms with Crippen molar-refractivity contribution in [2.24, 2.45) is 0 Å². The standard InChI is InChI=1S/C29H26O4/c1-32-28(30)26-15-11-24(12-16-26)22-7-3-20(4-8-22)19-21-5-9-23(10-6-21)25-13-17-27(18-14-25)29(31)33-2/h3-9,11-18,23H,10,19H2,1-2H3. The molecule has 1 unspecified atom stereocenters. The zero-order chi connectivity index (χ0) is 23.2. The summed E-state index contributed by atoms with van der Waals surface area (Å²) in [4.78, 5) is 23.2. The Morgan fingerprint density at radius 2 is 1.27 bits per heavy atom. The van der Waals surface area contributed by atoms with E-state index >= 15 is 0 Å². The van der Waals surface area contributed by atoms with E-state index in [9.17, 15) is 9.59 Å². The molecule has 0 bridgehead atoms. The van der Waals surface area contributed by atoms with Gasteiger partial charge in [-0.25, -0.2) is 9.59 Å². The number of hydrogen-bond acceptors (Lipinski definition) is 4. The Labute approximate surface area is 194 Å². The van der Waals surface area contributed by atoms with Gasteiger partial charge in [-0.3, -0.25) is 0 Å². The maximum Gasteiger partial charge on any atom is 0.337 e. The summed E-state index contributed by atoms with van der Waals surface area (Å²) in [7, 11) is 2.78. The van der Waals surface area contributed by atoms with Crippen molar-refractivity contribution in [3.05, 3.63) is 119 Å². The Kier molecular flexibility index (Phi) is 6.84. The zero-order valence-electron chi connectivity index (χ0n) is 18.8. The second-order valence-corrected chi connectivity index (χ2v) is 8.04. The molecule has 4 heteroatoms. The maximum atomic E-state index is 11.6. The first kappa shape index (κ1) is 22.3. The van der Waals surface area contributed by atoms with Crippen LogP contribution < -0.4 is 0 Å². The molecule has 0 saturated carbocycles. The highest BCUT2D eigenvalue weighted by molar-refractivity contribution is 5.90. The van der Waals surface area contributed by atoms with Crippen LogP contribution in [-0.4, -0.2) is 26.2 Å². The molecule has 0 saturated heterocycles. The minimum Gasteiger partial charge on any atom is -0.465 e. The first-order valence-corrected chi connectivity index (χ1v) is 10.9. The van der Waals surface area contributed by atoms with Crippen LogP contribution in [-0.2, 0) is 15.9 Å². The van der Waals surface area contributed by atoms with Crippen LogP contribution >= 0.6 is 0 Å². The lowest BCUT2D eigenvalue weighted by molar-refractivity contribution is 0.0592. The van der Waals surface area contributed by atoms with Crippen LogP contribution in [0, 0.1) is 0 Å². The molecule has 0 radical (unpaired) electrons. The van der Waals surface area contributed by atoms with Gasteiger partial charge in [-0.2, -0.15) is 0 Å². The molecule has 3 aromatic rings. The average molecular weight is 439 g/mol. The Balaban J connectivity index is 1.36. The number of carbonyl (C=O) groups excluding carboxylic acids is 2. The SMILES string of the molecule is COC(=O)c1ccc(-c2ccc(CC3=CCC(c4ccc(C(=O)OC)cc4)C=C3)cc2)cc1. The summed E-state index contributed by atoms with van der Waals surface area (Å²) in [6.45, 7) is 0. The van der Waals surface area contributed by atoms with E-state index in [2.05, 4.69) is 42.5 Å². The van der Waals surface area contributed by atoms with Crippen molar-refractivity contribution in [3.63, 3.8) is 0 Å². The van der Waals surface area contributed by atoms with Crippen molar-refractivity contribution in [2.75, 3.05) is 14.2 Å². The van der Waals surface area contributed by atoms with E-state index in [0.29, 0.717) is 17.0 Å². The van der Waals surface area contributed by atoms with Crippen LogP contribution in [0.3, 0.4) is 0 Å². The van der Waals surface area contributed by atoms with Gasteiger partial charge in [0.05, 0.1) is 25.3 Å². The molecule has 0 aromatic heterocycles. The molecule has 3 aromatic carbocycles. The molecule has 4 nitrogen and oxygen atoms in total. The van der Waals surface area contributed by atoms with Gasteiger partial charge in [-0.1, -0.05) is 66.8 Å². The van der Waals surface area contributed by atoms with Gasteiger partial charge in [-0.15, -0.1) is 0 Å². The highest BCUT2D eigenvalue weighted by atomic mass is 16.5. The fourth-order valence-corrected chi connectivity index (χ4v) is 3.99. The monoisotopic (exact) mass is 438 g/mol. The molecule has 0 fully saturated rings. The van der Waals surface area contributed by atoms with E-state index in [4.69, 9.17) is 9.47 Å². The van der Waals surface area contributed by atoms with Gasteiger partial charge in [-0.05, 0) is 64.9 Å². The number of methoxy groups -OCH3 is 2. The van der Waals surface area contributed by atoms with Gasteiger partial charge in [0.2, 0.25) is 0 Å². The van der Waals surface area contributed by atoms with Gasteiger partial charge in [0.15, 0.2) is 0 Å². The lowest BCUT2D eigenvalue weighted by Gasteiger charge is -2.17. The van der Waals surface area contributed by atoms with E-state index < -0.39 is 0 Å². The molecule has 1 atom stereocenters. The molecular weight excluding hydrogens is 412 g/mol. The molecule has 0 heterocycles. The predicted octanol–water partition coefficient (Wildman–Crippen LogP) is 6.14. The second-order valence-electron chi connectivity index (χ2n) is 8.04. The summed E-state index contributed by atoms with van der Waals surface area (Å²) >= 11 is 0. The fraction of sp³-hybridized carbons (Fsp3) is 0.172. The van der Waals surface area contributed by atoms with E-state index in [1.807, 2.05) is 36.4 Å². The average Bonchev–Trinajstić information content (AvgIpc) is 2.89. The smallest absolute Gasteiger partial charge is 0.337 e. The maximum absolute atomic E-state index is 11.6. The number of benzene rings is 3. The van der Waals surface area contributed by atoms with Gasteiger partial charge in [0.25, 0.3) is 0 Å². The van der Waals surface area contributed by atoms with Gasteiger partial charge >= 0.3 is 11.9 Å². The largest absolute Gasteiger partial charge is 0.465 e. The van der Waals surface area contributed by atoms with E-state index in [1.165, 1.54) is 30.9 Å². The minimum absolute atomic E-state index is 0.313. The number of rotatable bonds is 6. The molecule has 4 rings (SSSR count). The first-order valence-electron chi connectivity index (χ1n) is 10.9. The second kappa shape index (κ2) is 10.1. The molecule has 1 aliphatic carbocycles. The third kappa shape index (κ3) is 5.29. The summed E-state index contributed by atoms with van der Waals surface area (Å²) in [5, 5.41) is 0. The Morgan fingerprint density at radius 1 is 0.758 bits per heavy atom. The van der Waals surface area contributed by atoms with Crippen molar-refractivity contribution in [2.45, 2.75) is 18.8 Å². The summed E-state index contributed by atoms with van der Waals surface area (Å²) in [6.07, 6.45) is 8.54. The number of allylic oxidation sites excluding steroid dienone is 4. The molecule has 33 heavy (non-hydrogen) atoms. The molecule has 0 amide bonds. The van der Waals surface area contributed by atoms with Crippen molar-refractivity contribution < 1.29 is 19.1 Å². The summed E-state index contributed by atoms with van der Waals surface area (Å²) < 4.78 is 9.52. The third-order valence-corrected chi connectivity index (χ3v) is 5.94. The number of hydrogen-bond donors (Lipinski definition) is 0. The molecule has 0 aliphatic heterocycles. The Bertz CT molecular complexity index is 1180. The van der Waals surface area contributed by atoms with Crippen molar-refractivity contribution in [1.82, 2.24) is 0 Å². The topological polar surface area (TPSA) is 52.6 Å². The number of ether oxygens (including phenoxy) is 2. The third-order valence-electron chi connectivity index (χ3n) is 5.94. The minimum atomic E-state index is -0.328. The zero-order valence-corrected chi connectivity index (χ0v) is 18.8. The van der Waals surface area contributed by atoms with Gasteiger partial charge < -0.3 is 9.47 Å². The van der Waals surface area contributed by atoms with Crippen LogP contribution in [0.2, 0.25) is 0 Å². The lowest BCUT2D eigenvalue weighted by atomic mass is 9.88. The van der Waals surface area contributed by atoms with E-state index in [0.717, 1.165) is 24.0 Å². The predicted molar refractivity (Wildman–Crippen MR) is 129 cm³/mol. The highest BCUT2D eigenvalue weighted by Crippen LogP contribution is 2.29. The Hall–Kier alpha value is -3.92. The summed E-state index contributed by atoms with van der Waals surface area (Å²) in [6, 6.07) is 23.6. The summed E-state index contributed by atoms with van der Waals surface area (Å²) in [5.74, 6) is -0.325. The molecule has 0 spiro atoms. The molecular formula is C29H26O4. The van der Waals surface area contributed by atoms with Crippen molar-refractivity contribution >= 4 is 11.9 Å². The normalized spacial score (nSPS) is 15.0. The highest BCUT2D eigenvalue weighted by Gasteiger charge is 2.13. The molecule has 1 aliphatic rings. The number of carbonyl (C=O) groups is 2. The van der Waals surface area contributed by atoms with Crippen LogP contribution in [0.15, 0.2) is 96.6 Å². The van der Waals surface area contributed by atoms with Crippen LogP contribution in [0.1, 0.15) is 44.2 Å². The molecule has 166 valence electrons. The van der Waals surface area contributed by atoms with Crippen LogP contribution in [0.4, 0.5) is 0 Å². The van der Waals surface area contributed by atoms with E-state index in [1.54, 1.807) is 12.1 Å². The van der Waals surface area contributed by atoms with Gasteiger partial charge in [0.1, 0.15) is 0 Å². The lowest BCUT2D eigenvalue weighted by Crippen LogP contribution is -2.03. The van der Waals surface area contributed by atoms with Crippen molar-refractivity contribution in [1.29, 1.82) is 0 Å². The molecule has 0 N–H and O–H groups in total. The fourth-order valence-electron chi connectivity index (χ4n) is 3.99. The van der Waals surface area contributed by atoms with E-state index in [-0.39, 0.29) is 11.9 Å². The Morgan fingerprint density at radius 3 is 1.76 bits per heavy atom. The van der Waals surface area contributed by atoms with Crippen LogP contribution in [0.25, 0.3) is 11.1 Å². The first-order chi connectivity index (χ1) is 16.1. The van der Waals surface area contributed by atoms with Crippen LogP contribution in [0.5, 0.6) is 0 Å². The summed E-state index contributed by atoms with van der Waals surface area (Å²) in [5.41, 5.74) is 7.03. The quantitative estimate of drug-likeness (QED) is 0.434. The van der Waals surface area contributed by atoms with Crippen molar-refractivity contribution in [3.8, 4) is 11.1 Å². The van der Waals surface area contributed by atoms with Gasteiger partial charge in [0, 0.05) is 5.92 Å². The number of esters is 2.